The predicted octanol–water partition coefficient (Wildman–Crippen LogP) is 5.18. The van der Waals surface area contributed by atoms with E-state index in [-0.39, 0.29) is 19.2 Å². The van der Waals surface area contributed by atoms with Gasteiger partial charge >= 0.3 is 18.4 Å². The van der Waals surface area contributed by atoms with Crippen molar-refractivity contribution in [2.75, 3.05) is 36.4 Å². The smallest absolute Gasteiger partial charge is 0.354 e. The highest BCUT2D eigenvalue weighted by Crippen LogP contribution is 2.37. The number of carbonyl (C=O) groups is 1. The molecule has 2 aromatic rings. The van der Waals surface area contributed by atoms with Gasteiger partial charge in [0.25, 0.3) is 0 Å². The van der Waals surface area contributed by atoms with Crippen molar-refractivity contribution >= 4 is 17.5 Å². The molecule has 3 rings (SSSR count). The molecule has 33 heavy (non-hydrogen) atoms. The molecule has 1 saturated heterocycles. The lowest BCUT2D eigenvalue weighted by Gasteiger charge is -2.25. The molecule has 2 amide bonds. The minimum atomic E-state index is -4.99. The zero-order valence-electron chi connectivity index (χ0n) is 18.2. The number of aryl methyl sites for hydroxylation is 2. The minimum absolute atomic E-state index is 0.0213. The zero-order valence-corrected chi connectivity index (χ0v) is 18.2. The Kier molecular flexibility index (Phi) is 6.75. The highest BCUT2D eigenvalue weighted by Gasteiger charge is 2.37. The monoisotopic (exact) mass is 475 g/mol. The van der Waals surface area contributed by atoms with E-state index >= 15 is 0 Å². The second-order valence-electron chi connectivity index (χ2n) is 7.86. The molecule has 0 bridgehead atoms. The third-order valence-electron chi connectivity index (χ3n) is 5.40. The van der Waals surface area contributed by atoms with Gasteiger partial charge in [-0.1, -0.05) is 0 Å². The van der Waals surface area contributed by atoms with Crippen LogP contribution in [-0.2, 0) is 12.4 Å². The summed E-state index contributed by atoms with van der Waals surface area (Å²) in [4.78, 5) is 24.8. The number of alkyl halides is 6. The number of hydrogen-bond acceptors (Lipinski definition) is 4. The van der Waals surface area contributed by atoms with Gasteiger partial charge in [-0.05, 0) is 45.4 Å². The van der Waals surface area contributed by atoms with Crippen LogP contribution in [0, 0.1) is 20.8 Å². The summed E-state index contributed by atoms with van der Waals surface area (Å²) >= 11 is 0. The standard InChI is InChI=1S/C21H23F6N5O/c1-12-13(2)28-14(3)29-18(12)31-5-4-6-32(8-7-31)19(33)30-17-10-15(20(22,23)24)9-16(11-17)21(25,26)27/h9-11H,4-8H2,1-3H3,(H,30,33). The van der Waals surface area contributed by atoms with Crippen molar-refractivity contribution in [1.82, 2.24) is 14.9 Å². The number of halogens is 6. The molecule has 2 heterocycles. The van der Waals surface area contributed by atoms with Crippen LogP contribution in [0.1, 0.15) is 34.6 Å². The third-order valence-corrected chi connectivity index (χ3v) is 5.40. The Morgan fingerprint density at radius 3 is 2.06 bits per heavy atom. The van der Waals surface area contributed by atoms with Crippen molar-refractivity contribution in [3.63, 3.8) is 0 Å². The lowest BCUT2D eigenvalue weighted by Crippen LogP contribution is -2.38. The van der Waals surface area contributed by atoms with Gasteiger partial charge in [-0.25, -0.2) is 14.8 Å². The summed E-state index contributed by atoms with van der Waals surface area (Å²) in [6.45, 7) is 7.04. The SMILES string of the molecule is Cc1nc(C)c(C)c(N2CCCN(C(=O)Nc3cc(C(F)(F)F)cc(C(F)(F)F)c3)CC2)n1. The van der Waals surface area contributed by atoms with Crippen molar-refractivity contribution in [2.24, 2.45) is 0 Å². The Hall–Kier alpha value is -3.05. The first-order valence-electron chi connectivity index (χ1n) is 10.2. The number of nitrogens with one attached hydrogen (secondary N) is 1. The molecular formula is C21H23F6N5O. The summed E-state index contributed by atoms with van der Waals surface area (Å²) < 4.78 is 78.4. The first-order valence-corrected chi connectivity index (χ1v) is 10.2. The number of anilines is 2. The number of urea groups is 1. The average Bonchev–Trinajstić information content (AvgIpc) is 2.95. The van der Waals surface area contributed by atoms with E-state index < -0.39 is 35.2 Å². The van der Waals surface area contributed by atoms with Gasteiger partial charge < -0.3 is 15.1 Å². The van der Waals surface area contributed by atoms with Gasteiger partial charge in [0.2, 0.25) is 0 Å². The molecule has 1 aliphatic rings. The number of nitrogens with zero attached hydrogens (tertiary/aromatic N) is 4. The predicted molar refractivity (Wildman–Crippen MR) is 110 cm³/mol. The van der Waals surface area contributed by atoms with Gasteiger partial charge in [0, 0.05) is 43.1 Å². The van der Waals surface area contributed by atoms with E-state index in [1.54, 1.807) is 6.92 Å². The quantitative estimate of drug-likeness (QED) is 0.608. The number of rotatable bonds is 2. The fourth-order valence-electron chi connectivity index (χ4n) is 3.62. The summed E-state index contributed by atoms with van der Waals surface area (Å²) in [7, 11) is 0. The van der Waals surface area contributed by atoms with Gasteiger partial charge in [0.05, 0.1) is 11.1 Å². The van der Waals surface area contributed by atoms with Crippen molar-refractivity contribution in [3.05, 3.63) is 46.4 Å². The third kappa shape index (κ3) is 5.85. The summed E-state index contributed by atoms with van der Waals surface area (Å²) in [5, 5.41) is 2.19. The van der Waals surface area contributed by atoms with E-state index in [1.165, 1.54) is 4.90 Å². The first kappa shape index (κ1) is 24.6. The van der Waals surface area contributed by atoms with Crippen LogP contribution >= 0.6 is 0 Å². The van der Waals surface area contributed by atoms with Crippen LogP contribution < -0.4 is 10.2 Å². The fourth-order valence-corrected chi connectivity index (χ4v) is 3.62. The Balaban J connectivity index is 1.77. The van der Waals surface area contributed by atoms with E-state index in [0.29, 0.717) is 37.5 Å². The molecule has 1 N–H and O–H groups in total. The number of benzene rings is 1. The van der Waals surface area contributed by atoms with Crippen LogP contribution in [0.3, 0.4) is 0 Å². The lowest BCUT2D eigenvalue weighted by molar-refractivity contribution is -0.143. The summed E-state index contributed by atoms with van der Waals surface area (Å²) in [6, 6.07) is 0.240. The van der Waals surface area contributed by atoms with E-state index in [0.717, 1.165) is 17.1 Å². The Bertz CT molecular complexity index is 1000. The Morgan fingerprint density at radius 1 is 0.879 bits per heavy atom. The van der Waals surface area contributed by atoms with E-state index in [9.17, 15) is 31.1 Å². The second-order valence-corrected chi connectivity index (χ2v) is 7.86. The largest absolute Gasteiger partial charge is 0.416 e. The van der Waals surface area contributed by atoms with Crippen LogP contribution in [0.15, 0.2) is 18.2 Å². The van der Waals surface area contributed by atoms with Crippen molar-refractivity contribution in [1.29, 1.82) is 0 Å². The highest BCUT2D eigenvalue weighted by molar-refractivity contribution is 5.89. The molecule has 1 aliphatic heterocycles. The van der Waals surface area contributed by atoms with E-state index in [4.69, 9.17) is 0 Å². The molecule has 6 nitrogen and oxygen atoms in total. The van der Waals surface area contributed by atoms with Crippen LogP contribution in [0.5, 0.6) is 0 Å². The molecule has 12 heteroatoms. The molecule has 0 saturated carbocycles. The molecule has 0 unspecified atom stereocenters. The van der Waals surface area contributed by atoms with E-state index in [1.807, 2.05) is 18.7 Å². The molecule has 180 valence electrons. The molecule has 0 atom stereocenters. The minimum Gasteiger partial charge on any atom is -0.354 e. The number of aromatic nitrogens is 2. The van der Waals surface area contributed by atoms with Crippen molar-refractivity contribution in [3.8, 4) is 0 Å². The Labute approximate surface area is 186 Å². The maximum atomic E-state index is 13.1. The van der Waals surface area contributed by atoms with Crippen molar-refractivity contribution < 1.29 is 31.1 Å². The highest BCUT2D eigenvalue weighted by atomic mass is 19.4. The molecule has 1 aromatic heterocycles. The number of hydrogen-bond donors (Lipinski definition) is 1. The second kappa shape index (κ2) is 9.06. The normalized spacial score (nSPS) is 15.4. The summed E-state index contributed by atoms with van der Waals surface area (Å²) in [5.41, 5.74) is -1.80. The van der Waals surface area contributed by atoms with Gasteiger partial charge in [-0.3, -0.25) is 0 Å². The molecular weight excluding hydrogens is 452 g/mol. The van der Waals surface area contributed by atoms with Crippen LogP contribution in [0.4, 0.5) is 42.6 Å². The summed E-state index contributed by atoms with van der Waals surface area (Å²) in [6.07, 6.45) is -9.43. The van der Waals surface area contributed by atoms with Gasteiger partial charge in [0.15, 0.2) is 0 Å². The fraction of sp³-hybridized carbons (Fsp3) is 0.476. The number of amides is 2. The molecule has 1 fully saturated rings. The first-order chi connectivity index (χ1) is 15.3. The van der Waals surface area contributed by atoms with Crippen molar-refractivity contribution in [2.45, 2.75) is 39.5 Å². The van der Waals surface area contributed by atoms with Crippen LogP contribution in [0.25, 0.3) is 0 Å². The number of carbonyl (C=O) groups excluding carboxylic acids is 1. The maximum absolute atomic E-state index is 13.1. The summed E-state index contributed by atoms with van der Waals surface area (Å²) in [5.74, 6) is 1.35. The molecule has 0 spiro atoms. The molecule has 1 aromatic carbocycles. The molecule has 0 aliphatic carbocycles. The Morgan fingerprint density at radius 2 is 1.48 bits per heavy atom. The van der Waals surface area contributed by atoms with Crippen LogP contribution in [0.2, 0.25) is 0 Å². The van der Waals surface area contributed by atoms with Gasteiger partial charge in [-0.15, -0.1) is 0 Å². The lowest BCUT2D eigenvalue weighted by atomic mass is 10.1. The maximum Gasteiger partial charge on any atom is 0.416 e. The van der Waals surface area contributed by atoms with Gasteiger partial charge in [0.1, 0.15) is 11.6 Å². The van der Waals surface area contributed by atoms with Crippen LogP contribution in [-0.4, -0.2) is 47.1 Å². The van der Waals surface area contributed by atoms with Gasteiger partial charge in [-0.2, -0.15) is 26.3 Å². The average molecular weight is 475 g/mol. The zero-order chi connectivity index (χ0) is 24.6. The van der Waals surface area contributed by atoms with E-state index in [2.05, 4.69) is 15.3 Å². The topological polar surface area (TPSA) is 61.4 Å². The molecule has 0 radical (unpaired) electrons.